The van der Waals surface area contributed by atoms with Gasteiger partial charge in [-0.1, -0.05) is 13.8 Å². The highest BCUT2D eigenvalue weighted by molar-refractivity contribution is 5.94. The highest BCUT2D eigenvalue weighted by atomic mass is 16.5. The summed E-state index contributed by atoms with van der Waals surface area (Å²) in [5.41, 5.74) is 6.58. The van der Waals surface area contributed by atoms with Crippen LogP contribution in [-0.4, -0.2) is 68.1 Å². The van der Waals surface area contributed by atoms with Gasteiger partial charge in [0, 0.05) is 38.4 Å². The minimum Gasteiger partial charge on any atom is -0.492 e. The van der Waals surface area contributed by atoms with E-state index in [1.165, 1.54) is 0 Å². The third kappa shape index (κ3) is 5.78. The Balaban J connectivity index is 1.73. The Kier molecular flexibility index (Phi) is 7.02. The summed E-state index contributed by atoms with van der Waals surface area (Å²) in [4.78, 5) is 16.7. The summed E-state index contributed by atoms with van der Waals surface area (Å²) < 4.78 is 5.79. The van der Waals surface area contributed by atoms with Crippen LogP contribution >= 0.6 is 0 Å². The number of benzene rings is 1. The fourth-order valence-electron chi connectivity index (χ4n) is 2.53. The molecule has 2 rings (SSSR count). The molecule has 1 aliphatic heterocycles. The molecule has 0 unspecified atom stereocenters. The third-order valence-corrected chi connectivity index (χ3v) is 4.41. The summed E-state index contributed by atoms with van der Waals surface area (Å²) in [6.45, 7) is 9.91. The van der Waals surface area contributed by atoms with Crippen LogP contribution in [0.2, 0.25) is 0 Å². The SMILES string of the molecule is CC(C)[C@H](N)C(=O)Nc1ccc(OCCN2CCN(C)CC2)cc1. The number of anilines is 1. The molecule has 6 nitrogen and oxygen atoms in total. The zero-order chi connectivity index (χ0) is 17.5. The normalized spacial score (nSPS) is 17.7. The molecule has 1 atom stereocenters. The summed E-state index contributed by atoms with van der Waals surface area (Å²) in [5, 5.41) is 2.83. The van der Waals surface area contributed by atoms with Crippen LogP contribution in [0.4, 0.5) is 5.69 Å². The number of hydrogen-bond donors (Lipinski definition) is 2. The molecule has 0 bridgehead atoms. The van der Waals surface area contributed by atoms with Gasteiger partial charge in [0.1, 0.15) is 12.4 Å². The Hall–Kier alpha value is -1.63. The number of nitrogens with zero attached hydrogens (tertiary/aromatic N) is 2. The van der Waals surface area contributed by atoms with E-state index in [9.17, 15) is 4.79 Å². The number of hydrogen-bond acceptors (Lipinski definition) is 5. The van der Waals surface area contributed by atoms with E-state index >= 15 is 0 Å². The first-order chi connectivity index (χ1) is 11.5. The molecule has 3 N–H and O–H groups in total. The maximum absolute atomic E-state index is 11.9. The van der Waals surface area contributed by atoms with Gasteiger partial charge in [0.05, 0.1) is 6.04 Å². The number of carbonyl (C=O) groups excluding carboxylic acids is 1. The Morgan fingerprint density at radius 1 is 1.21 bits per heavy atom. The zero-order valence-electron chi connectivity index (χ0n) is 15.0. The number of ether oxygens (including phenoxy) is 1. The summed E-state index contributed by atoms with van der Waals surface area (Å²) >= 11 is 0. The number of carbonyl (C=O) groups is 1. The average Bonchev–Trinajstić information content (AvgIpc) is 2.57. The minimum atomic E-state index is -0.496. The molecule has 1 aromatic rings. The van der Waals surface area contributed by atoms with Crippen LogP contribution in [0.15, 0.2) is 24.3 Å². The predicted molar refractivity (Wildman–Crippen MR) is 97.3 cm³/mol. The van der Waals surface area contributed by atoms with Crippen molar-refractivity contribution < 1.29 is 9.53 Å². The average molecular weight is 334 g/mol. The van der Waals surface area contributed by atoms with E-state index in [0.717, 1.165) is 44.2 Å². The lowest BCUT2D eigenvalue weighted by atomic mass is 10.1. The first kappa shape index (κ1) is 18.7. The first-order valence-corrected chi connectivity index (χ1v) is 8.66. The number of piperazine rings is 1. The number of likely N-dealkylation sites (N-methyl/N-ethyl adjacent to an activating group) is 1. The van der Waals surface area contributed by atoms with Crippen LogP contribution in [0.3, 0.4) is 0 Å². The number of rotatable bonds is 7. The van der Waals surface area contributed by atoms with Crippen molar-refractivity contribution in [3.63, 3.8) is 0 Å². The third-order valence-electron chi connectivity index (χ3n) is 4.41. The largest absolute Gasteiger partial charge is 0.492 e. The summed E-state index contributed by atoms with van der Waals surface area (Å²) in [5.74, 6) is 0.770. The van der Waals surface area contributed by atoms with Gasteiger partial charge in [-0.05, 0) is 37.2 Å². The summed E-state index contributed by atoms with van der Waals surface area (Å²) in [6.07, 6.45) is 0. The highest BCUT2D eigenvalue weighted by Gasteiger charge is 2.17. The first-order valence-electron chi connectivity index (χ1n) is 8.66. The monoisotopic (exact) mass is 334 g/mol. The van der Waals surface area contributed by atoms with Gasteiger partial charge in [-0.3, -0.25) is 9.69 Å². The van der Waals surface area contributed by atoms with Gasteiger partial charge in [-0.2, -0.15) is 0 Å². The van der Waals surface area contributed by atoms with Crippen LogP contribution in [0.1, 0.15) is 13.8 Å². The molecule has 134 valence electrons. The van der Waals surface area contributed by atoms with Gasteiger partial charge in [-0.25, -0.2) is 0 Å². The van der Waals surface area contributed by atoms with Crippen molar-refractivity contribution in [2.75, 3.05) is 51.7 Å². The highest BCUT2D eigenvalue weighted by Crippen LogP contribution is 2.16. The summed E-state index contributed by atoms with van der Waals surface area (Å²) in [6, 6.07) is 6.94. The van der Waals surface area contributed by atoms with Crippen LogP contribution in [0.5, 0.6) is 5.75 Å². The minimum absolute atomic E-state index is 0.113. The predicted octanol–water partition coefficient (Wildman–Crippen LogP) is 1.23. The smallest absolute Gasteiger partial charge is 0.241 e. The van der Waals surface area contributed by atoms with Gasteiger partial charge in [0.15, 0.2) is 0 Å². The van der Waals surface area contributed by atoms with Crippen LogP contribution < -0.4 is 15.8 Å². The van der Waals surface area contributed by atoms with Crippen LogP contribution in [0, 0.1) is 5.92 Å². The quantitative estimate of drug-likeness (QED) is 0.785. The molecule has 0 saturated carbocycles. The Labute approximate surface area is 144 Å². The molecular weight excluding hydrogens is 304 g/mol. The molecule has 1 saturated heterocycles. The number of amides is 1. The van der Waals surface area contributed by atoms with Gasteiger partial charge in [-0.15, -0.1) is 0 Å². The van der Waals surface area contributed by atoms with Crippen molar-refractivity contribution in [1.29, 1.82) is 0 Å². The molecule has 0 aromatic heterocycles. The van der Waals surface area contributed by atoms with Gasteiger partial charge >= 0.3 is 0 Å². The topological polar surface area (TPSA) is 70.8 Å². The summed E-state index contributed by atoms with van der Waals surface area (Å²) in [7, 11) is 2.15. The van der Waals surface area contributed by atoms with Gasteiger partial charge in [0.25, 0.3) is 0 Å². The Morgan fingerprint density at radius 3 is 2.42 bits per heavy atom. The van der Waals surface area contributed by atoms with E-state index in [2.05, 4.69) is 22.2 Å². The second-order valence-corrected chi connectivity index (χ2v) is 6.78. The van der Waals surface area contributed by atoms with Crippen molar-refractivity contribution in [2.24, 2.45) is 11.7 Å². The van der Waals surface area contributed by atoms with Crippen LogP contribution in [0.25, 0.3) is 0 Å². The Morgan fingerprint density at radius 2 is 1.83 bits per heavy atom. The van der Waals surface area contributed by atoms with Gasteiger partial charge in [0.2, 0.25) is 5.91 Å². The lowest BCUT2D eigenvalue weighted by Crippen LogP contribution is -2.45. The lowest BCUT2D eigenvalue weighted by molar-refractivity contribution is -0.118. The molecule has 1 heterocycles. The molecule has 1 aliphatic rings. The van der Waals surface area contributed by atoms with E-state index in [-0.39, 0.29) is 11.8 Å². The van der Waals surface area contributed by atoms with Crippen molar-refractivity contribution in [3.05, 3.63) is 24.3 Å². The fourth-order valence-corrected chi connectivity index (χ4v) is 2.53. The fraction of sp³-hybridized carbons (Fsp3) is 0.611. The second kappa shape index (κ2) is 9.01. The standard InChI is InChI=1S/C18H30N4O2/c1-14(2)17(19)18(23)20-15-4-6-16(7-5-15)24-13-12-22-10-8-21(3)9-11-22/h4-7,14,17H,8-13,19H2,1-3H3,(H,20,23)/t17-/m0/s1. The molecule has 1 aromatic carbocycles. The van der Waals surface area contributed by atoms with Gasteiger partial charge < -0.3 is 20.7 Å². The maximum Gasteiger partial charge on any atom is 0.241 e. The molecular formula is C18H30N4O2. The van der Waals surface area contributed by atoms with Crippen LogP contribution in [-0.2, 0) is 4.79 Å². The van der Waals surface area contributed by atoms with E-state index in [0.29, 0.717) is 6.61 Å². The molecule has 0 spiro atoms. The molecule has 0 aliphatic carbocycles. The van der Waals surface area contributed by atoms with Crippen molar-refractivity contribution in [3.8, 4) is 5.75 Å². The number of nitrogens with one attached hydrogen (secondary N) is 1. The molecule has 0 radical (unpaired) electrons. The second-order valence-electron chi connectivity index (χ2n) is 6.78. The van der Waals surface area contributed by atoms with E-state index < -0.39 is 6.04 Å². The number of nitrogens with two attached hydrogens (primary N) is 1. The maximum atomic E-state index is 11.9. The zero-order valence-corrected chi connectivity index (χ0v) is 15.0. The van der Waals surface area contributed by atoms with E-state index in [1.807, 2.05) is 38.1 Å². The van der Waals surface area contributed by atoms with Crippen molar-refractivity contribution in [2.45, 2.75) is 19.9 Å². The Bertz CT molecular complexity index is 510. The van der Waals surface area contributed by atoms with Crippen molar-refractivity contribution >= 4 is 11.6 Å². The lowest BCUT2D eigenvalue weighted by Gasteiger charge is -2.32. The molecule has 1 fully saturated rings. The molecule has 24 heavy (non-hydrogen) atoms. The molecule has 6 heteroatoms. The van der Waals surface area contributed by atoms with E-state index in [4.69, 9.17) is 10.5 Å². The van der Waals surface area contributed by atoms with E-state index in [1.54, 1.807) is 0 Å². The molecule has 1 amide bonds. The van der Waals surface area contributed by atoms with Crippen molar-refractivity contribution in [1.82, 2.24) is 9.80 Å².